The first-order chi connectivity index (χ1) is 17.1. The van der Waals surface area contributed by atoms with E-state index in [4.69, 9.17) is 16.3 Å². The molecular weight excluding hydrogens is 462 g/mol. The average molecular weight is 492 g/mol. The molecule has 0 saturated carbocycles. The number of carbonyl (C=O) groups is 2. The molecule has 35 heavy (non-hydrogen) atoms. The van der Waals surface area contributed by atoms with Crippen molar-refractivity contribution in [2.75, 3.05) is 26.2 Å². The van der Waals surface area contributed by atoms with Crippen LogP contribution in [0.25, 0.3) is 0 Å². The Morgan fingerprint density at radius 1 is 0.971 bits per heavy atom. The Bertz CT molecular complexity index is 1110. The summed E-state index contributed by atoms with van der Waals surface area (Å²) in [6, 6.07) is 26.2. The average Bonchev–Trinajstić information content (AvgIpc) is 2.89. The van der Waals surface area contributed by atoms with E-state index in [0.29, 0.717) is 23.7 Å². The smallest absolute Gasteiger partial charge is 0.253 e. The molecule has 0 aromatic heterocycles. The lowest BCUT2D eigenvalue weighted by molar-refractivity contribution is -0.122. The molecule has 1 aliphatic rings. The van der Waals surface area contributed by atoms with Crippen LogP contribution in [0.1, 0.15) is 33.9 Å². The van der Waals surface area contributed by atoms with Gasteiger partial charge in [-0.1, -0.05) is 84.4 Å². The molecule has 182 valence electrons. The molecule has 0 spiro atoms. The summed E-state index contributed by atoms with van der Waals surface area (Å²) in [5.41, 5.74) is 2.49. The predicted molar refractivity (Wildman–Crippen MR) is 137 cm³/mol. The second kappa shape index (κ2) is 12.5. The Kier molecular flexibility index (Phi) is 8.90. The van der Waals surface area contributed by atoms with Gasteiger partial charge in [0.25, 0.3) is 5.91 Å². The number of nitrogens with one attached hydrogen (secondary N) is 2. The van der Waals surface area contributed by atoms with Crippen molar-refractivity contribution in [3.8, 4) is 0 Å². The summed E-state index contributed by atoms with van der Waals surface area (Å²) in [5.74, 6) is -0.466. The highest BCUT2D eigenvalue weighted by molar-refractivity contribution is 6.33. The van der Waals surface area contributed by atoms with Crippen molar-refractivity contribution in [2.24, 2.45) is 0 Å². The minimum absolute atomic E-state index is 0.0793. The van der Waals surface area contributed by atoms with Crippen molar-refractivity contribution in [1.29, 1.82) is 0 Å². The molecule has 1 saturated heterocycles. The van der Waals surface area contributed by atoms with Crippen LogP contribution in [0, 0.1) is 0 Å². The summed E-state index contributed by atoms with van der Waals surface area (Å²) in [6.07, 6.45) is 0.0324. The van der Waals surface area contributed by atoms with Crippen molar-refractivity contribution in [3.63, 3.8) is 0 Å². The van der Waals surface area contributed by atoms with E-state index >= 15 is 0 Å². The van der Waals surface area contributed by atoms with Gasteiger partial charge in [-0.25, -0.2) is 0 Å². The molecule has 1 aliphatic heterocycles. The van der Waals surface area contributed by atoms with Gasteiger partial charge in [0.05, 0.1) is 35.8 Å². The molecule has 3 aromatic carbocycles. The molecule has 2 unspecified atom stereocenters. The largest absolute Gasteiger partial charge is 0.374 e. The van der Waals surface area contributed by atoms with Gasteiger partial charge in [0.15, 0.2) is 0 Å². The Labute approximate surface area is 211 Å². The molecule has 2 atom stereocenters. The van der Waals surface area contributed by atoms with E-state index in [9.17, 15) is 9.59 Å². The van der Waals surface area contributed by atoms with Gasteiger partial charge in [0, 0.05) is 26.2 Å². The van der Waals surface area contributed by atoms with Gasteiger partial charge in [0.1, 0.15) is 0 Å². The fourth-order valence-electron chi connectivity index (χ4n) is 4.19. The Morgan fingerprint density at radius 2 is 1.66 bits per heavy atom. The minimum Gasteiger partial charge on any atom is -0.374 e. The molecule has 2 N–H and O–H groups in total. The van der Waals surface area contributed by atoms with Gasteiger partial charge in [-0.05, 0) is 23.3 Å². The Hall–Kier alpha value is -3.19. The number of ether oxygens (including phenoxy) is 1. The van der Waals surface area contributed by atoms with Crippen LogP contribution in [0.5, 0.6) is 0 Å². The first-order valence-corrected chi connectivity index (χ1v) is 12.2. The minimum atomic E-state index is -0.484. The zero-order valence-electron chi connectivity index (χ0n) is 19.5. The lowest BCUT2D eigenvalue weighted by Crippen LogP contribution is -2.47. The van der Waals surface area contributed by atoms with Crippen LogP contribution in [0.15, 0.2) is 84.9 Å². The molecule has 6 nitrogen and oxygen atoms in total. The summed E-state index contributed by atoms with van der Waals surface area (Å²) in [6.45, 7) is 3.53. The normalized spacial score (nSPS) is 16.9. The number of amides is 2. The number of hydrogen-bond acceptors (Lipinski definition) is 4. The van der Waals surface area contributed by atoms with E-state index in [1.165, 1.54) is 5.56 Å². The maximum Gasteiger partial charge on any atom is 0.253 e. The third kappa shape index (κ3) is 7.39. The fraction of sp³-hybridized carbons (Fsp3) is 0.286. The van der Waals surface area contributed by atoms with E-state index in [1.54, 1.807) is 24.3 Å². The summed E-state index contributed by atoms with van der Waals surface area (Å²) in [5, 5.41) is 6.33. The Balaban J connectivity index is 1.33. The predicted octanol–water partition coefficient (Wildman–Crippen LogP) is 4.22. The number of rotatable bonds is 9. The standard InChI is InChI=1S/C28H30ClN3O3/c29-25-14-8-7-13-24(25)28(34)31-26(22-11-5-2-6-12-22)17-27(33)30-18-23-20-32(15-16-35-23)19-21-9-3-1-4-10-21/h1-14,23,26H,15-20H2,(H,30,33)(H,31,34). The Morgan fingerprint density at radius 3 is 2.40 bits per heavy atom. The van der Waals surface area contributed by atoms with E-state index in [2.05, 4.69) is 27.7 Å². The molecular formula is C28H30ClN3O3. The van der Waals surface area contributed by atoms with Gasteiger partial charge in [-0.2, -0.15) is 0 Å². The highest BCUT2D eigenvalue weighted by Gasteiger charge is 2.23. The summed E-state index contributed by atoms with van der Waals surface area (Å²) in [7, 11) is 0. The monoisotopic (exact) mass is 491 g/mol. The quantitative estimate of drug-likeness (QED) is 0.470. The zero-order chi connectivity index (χ0) is 24.5. The molecule has 7 heteroatoms. The van der Waals surface area contributed by atoms with Crippen molar-refractivity contribution in [3.05, 3.63) is 107 Å². The van der Waals surface area contributed by atoms with Crippen LogP contribution in [0.2, 0.25) is 5.02 Å². The van der Waals surface area contributed by atoms with Crippen molar-refractivity contribution >= 4 is 23.4 Å². The zero-order valence-corrected chi connectivity index (χ0v) is 20.3. The van der Waals surface area contributed by atoms with Crippen LogP contribution >= 0.6 is 11.6 Å². The SMILES string of the molecule is O=C(CC(NC(=O)c1ccccc1Cl)c1ccccc1)NCC1CN(Cc2ccccc2)CCO1. The van der Waals surface area contributed by atoms with Crippen LogP contribution in [0.3, 0.4) is 0 Å². The lowest BCUT2D eigenvalue weighted by atomic mass is 10.0. The van der Waals surface area contributed by atoms with Crippen molar-refractivity contribution < 1.29 is 14.3 Å². The number of hydrogen-bond donors (Lipinski definition) is 2. The second-order valence-corrected chi connectivity index (χ2v) is 9.05. The number of benzene rings is 3. The highest BCUT2D eigenvalue weighted by Crippen LogP contribution is 2.20. The van der Waals surface area contributed by atoms with Gasteiger partial charge in [0.2, 0.25) is 5.91 Å². The third-order valence-electron chi connectivity index (χ3n) is 6.01. The molecule has 1 heterocycles. The maximum atomic E-state index is 12.9. The first-order valence-electron chi connectivity index (χ1n) is 11.8. The third-order valence-corrected chi connectivity index (χ3v) is 6.34. The molecule has 0 aliphatic carbocycles. The molecule has 3 aromatic rings. The van der Waals surface area contributed by atoms with Crippen LogP contribution in [-0.4, -0.2) is 49.1 Å². The van der Waals surface area contributed by atoms with E-state index in [1.807, 2.05) is 48.5 Å². The molecule has 0 radical (unpaired) electrons. The topological polar surface area (TPSA) is 70.7 Å². The van der Waals surface area contributed by atoms with Crippen LogP contribution < -0.4 is 10.6 Å². The van der Waals surface area contributed by atoms with Crippen molar-refractivity contribution in [2.45, 2.75) is 25.1 Å². The molecule has 4 rings (SSSR count). The molecule has 1 fully saturated rings. The summed E-state index contributed by atoms with van der Waals surface area (Å²) >= 11 is 6.19. The van der Waals surface area contributed by atoms with Gasteiger partial charge in [-0.3, -0.25) is 14.5 Å². The van der Waals surface area contributed by atoms with Crippen LogP contribution in [0.4, 0.5) is 0 Å². The second-order valence-electron chi connectivity index (χ2n) is 8.64. The van der Waals surface area contributed by atoms with Crippen molar-refractivity contribution in [1.82, 2.24) is 15.5 Å². The van der Waals surface area contributed by atoms with E-state index < -0.39 is 6.04 Å². The van der Waals surface area contributed by atoms with E-state index in [-0.39, 0.29) is 24.3 Å². The van der Waals surface area contributed by atoms with E-state index in [0.717, 1.165) is 25.2 Å². The number of halogens is 1. The first kappa shape index (κ1) is 24.9. The fourth-order valence-corrected chi connectivity index (χ4v) is 4.41. The lowest BCUT2D eigenvalue weighted by Gasteiger charge is -2.33. The summed E-state index contributed by atoms with van der Waals surface area (Å²) < 4.78 is 5.88. The molecule has 0 bridgehead atoms. The maximum absolute atomic E-state index is 12.9. The molecule has 2 amide bonds. The van der Waals surface area contributed by atoms with Gasteiger partial charge >= 0.3 is 0 Å². The summed E-state index contributed by atoms with van der Waals surface area (Å²) in [4.78, 5) is 28.1. The highest BCUT2D eigenvalue weighted by atomic mass is 35.5. The van der Waals surface area contributed by atoms with Gasteiger partial charge < -0.3 is 15.4 Å². The number of morpholine rings is 1. The number of carbonyl (C=O) groups excluding carboxylic acids is 2. The number of nitrogens with zero attached hydrogens (tertiary/aromatic N) is 1. The van der Waals surface area contributed by atoms with Gasteiger partial charge in [-0.15, -0.1) is 0 Å². The van der Waals surface area contributed by atoms with Crippen LogP contribution in [-0.2, 0) is 16.1 Å².